The van der Waals surface area contributed by atoms with Gasteiger partial charge in [-0.25, -0.2) is 8.42 Å². The van der Waals surface area contributed by atoms with Crippen molar-refractivity contribution in [2.24, 2.45) is 0 Å². The number of ether oxygens (including phenoxy) is 2. The molecule has 0 saturated carbocycles. The molecular formula is C24H25N3O5S2. The summed E-state index contributed by atoms with van der Waals surface area (Å²) in [4.78, 5) is 12.7. The molecule has 0 atom stereocenters. The molecule has 1 amide bonds. The average molecular weight is 500 g/mol. The van der Waals surface area contributed by atoms with Crippen molar-refractivity contribution in [1.82, 2.24) is 5.32 Å². The van der Waals surface area contributed by atoms with Gasteiger partial charge in [0, 0.05) is 16.9 Å². The summed E-state index contributed by atoms with van der Waals surface area (Å²) in [6, 6.07) is 15.9. The van der Waals surface area contributed by atoms with E-state index < -0.39 is 10.0 Å². The van der Waals surface area contributed by atoms with Crippen LogP contribution in [0.2, 0.25) is 0 Å². The van der Waals surface area contributed by atoms with E-state index in [1.54, 1.807) is 55.6 Å². The van der Waals surface area contributed by atoms with Crippen LogP contribution in [0.15, 0.2) is 65.6 Å². The first kappa shape index (κ1) is 25.0. The van der Waals surface area contributed by atoms with E-state index in [-0.39, 0.29) is 15.9 Å². The zero-order chi connectivity index (χ0) is 24.9. The van der Waals surface area contributed by atoms with E-state index in [1.165, 1.54) is 19.2 Å². The maximum atomic E-state index is 12.6. The molecule has 8 nitrogen and oxygen atoms in total. The second-order valence-electron chi connectivity index (χ2n) is 7.39. The predicted octanol–water partition coefficient (Wildman–Crippen LogP) is 4.25. The van der Waals surface area contributed by atoms with Crippen LogP contribution in [-0.4, -0.2) is 33.7 Å². The topological polar surface area (TPSA) is 106 Å². The van der Waals surface area contributed by atoms with Crippen molar-refractivity contribution >= 4 is 44.6 Å². The van der Waals surface area contributed by atoms with E-state index in [4.69, 9.17) is 21.7 Å². The van der Waals surface area contributed by atoms with E-state index in [1.807, 2.05) is 13.8 Å². The number of rotatable bonds is 7. The SMILES string of the molecule is COc1ccc(NS(=O)(=O)c2ccc(NC(=S)NC(=O)c3cc(C)c(C)c(OC)c3)cc2)cc1. The molecule has 0 aromatic heterocycles. The first-order valence-corrected chi connectivity index (χ1v) is 12.1. The number of thiocarbonyl (C=S) groups is 1. The van der Waals surface area contributed by atoms with Crippen molar-refractivity contribution in [2.45, 2.75) is 18.7 Å². The lowest BCUT2D eigenvalue weighted by molar-refractivity contribution is 0.0977. The number of carbonyl (C=O) groups is 1. The predicted molar refractivity (Wildman–Crippen MR) is 136 cm³/mol. The molecule has 0 aliphatic rings. The zero-order valence-electron chi connectivity index (χ0n) is 19.1. The van der Waals surface area contributed by atoms with Gasteiger partial charge in [0.25, 0.3) is 15.9 Å². The first-order chi connectivity index (χ1) is 16.1. The molecule has 0 unspecified atom stereocenters. The molecule has 10 heteroatoms. The van der Waals surface area contributed by atoms with Crippen LogP contribution in [-0.2, 0) is 10.0 Å². The molecule has 0 spiro atoms. The average Bonchev–Trinajstić information content (AvgIpc) is 2.81. The number of aryl methyl sites for hydroxylation is 1. The Bertz CT molecular complexity index is 1310. The Morgan fingerprint density at radius 1 is 0.882 bits per heavy atom. The van der Waals surface area contributed by atoms with Crippen molar-refractivity contribution in [2.75, 3.05) is 24.3 Å². The number of hydrogen-bond donors (Lipinski definition) is 3. The summed E-state index contributed by atoms with van der Waals surface area (Å²) in [6.07, 6.45) is 0. The lowest BCUT2D eigenvalue weighted by Gasteiger charge is -2.13. The summed E-state index contributed by atoms with van der Waals surface area (Å²) in [7, 11) is -0.699. The summed E-state index contributed by atoms with van der Waals surface area (Å²) in [6.45, 7) is 3.81. The third kappa shape index (κ3) is 6.03. The number of nitrogens with one attached hydrogen (secondary N) is 3. The highest BCUT2D eigenvalue weighted by Gasteiger charge is 2.15. The molecule has 3 rings (SSSR count). The van der Waals surface area contributed by atoms with E-state index in [0.717, 1.165) is 11.1 Å². The number of hydrogen-bond acceptors (Lipinski definition) is 6. The van der Waals surface area contributed by atoms with Gasteiger partial charge in [0.1, 0.15) is 11.5 Å². The van der Waals surface area contributed by atoms with E-state index >= 15 is 0 Å². The minimum Gasteiger partial charge on any atom is -0.497 e. The Hall–Kier alpha value is -3.63. The molecule has 0 bridgehead atoms. The molecule has 3 aromatic rings. The van der Waals surface area contributed by atoms with Crippen LogP contribution < -0.4 is 24.8 Å². The maximum absolute atomic E-state index is 12.6. The lowest BCUT2D eigenvalue weighted by atomic mass is 10.0. The van der Waals surface area contributed by atoms with E-state index in [9.17, 15) is 13.2 Å². The molecule has 3 aromatic carbocycles. The summed E-state index contributed by atoms with van der Waals surface area (Å²) in [5, 5.41) is 5.57. The molecule has 34 heavy (non-hydrogen) atoms. The van der Waals surface area contributed by atoms with E-state index in [0.29, 0.717) is 28.4 Å². The highest BCUT2D eigenvalue weighted by Crippen LogP contribution is 2.23. The molecular weight excluding hydrogens is 474 g/mol. The quantitative estimate of drug-likeness (QED) is 0.418. The van der Waals surface area contributed by atoms with Gasteiger partial charge in [-0.3, -0.25) is 14.8 Å². The van der Waals surface area contributed by atoms with Crippen molar-refractivity contribution in [3.8, 4) is 11.5 Å². The molecule has 0 heterocycles. The molecule has 0 aliphatic heterocycles. The number of anilines is 2. The van der Waals surface area contributed by atoms with Crippen LogP contribution in [0.4, 0.5) is 11.4 Å². The summed E-state index contributed by atoms with van der Waals surface area (Å²) in [5.74, 6) is 0.851. The molecule has 0 radical (unpaired) electrons. The Morgan fingerprint density at radius 3 is 2.09 bits per heavy atom. The standard InChI is InChI=1S/C24H25N3O5S2/c1-15-13-17(14-22(32-4)16(15)2)23(28)26-24(33)25-18-7-11-21(12-8-18)34(29,30)27-19-5-9-20(31-3)10-6-19/h5-14,27H,1-4H3,(H2,25,26,28,33). The minimum absolute atomic E-state index is 0.0750. The molecule has 178 valence electrons. The smallest absolute Gasteiger partial charge is 0.261 e. The van der Waals surface area contributed by atoms with Gasteiger partial charge in [-0.05, 0) is 97.9 Å². The number of benzene rings is 3. The van der Waals surface area contributed by atoms with Crippen LogP contribution in [0.1, 0.15) is 21.5 Å². The lowest BCUT2D eigenvalue weighted by Crippen LogP contribution is -2.34. The third-order valence-electron chi connectivity index (χ3n) is 5.09. The largest absolute Gasteiger partial charge is 0.497 e. The van der Waals surface area contributed by atoms with Gasteiger partial charge in [-0.2, -0.15) is 0 Å². The van der Waals surface area contributed by atoms with Crippen LogP contribution in [0.5, 0.6) is 11.5 Å². The van der Waals surface area contributed by atoms with Gasteiger partial charge in [-0.1, -0.05) is 0 Å². The number of sulfonamides is 1. The fraction of sp³-hybridized carbons (Fsp3) is 0.167. The second kappa shape index (κ2) is 10.5. The van der Waals surface area contributed by atoms with Crippen LogP contribution in [0.25, 0.3) is 0 Å². The maximum Gasteiger partial charge on any atom is 0.261 e. The monoisotopic (exact) mass is 499 g/mol. The normalized spacial score (nSPS) is 10.8. The van der Waals surface area contributed by atoms with E-state index in [2.05, 4.69) is 15.4 Å². The van der Waals surface area contributed by atoms with Gasteiger partial charge in [0.15, 0.2) is 5.11 Å². The Kier molecular flexibility index (Phi) is 7.75. The van der Waals surface area contributed by atoms with Gasteiger partial charge < -0.3 is 14.8 Å². The van der Waals surface area contributed by atoms with Crippen molar-refractivity contribution in [1.29, 1.82) is 0 Å². The number of amides is 1. The van der Waals surface area contributed by atoms with Crippen molar-refractivity contribution in [3.63, 3.8) is 0 Å². The van der Waals surface area contributed by atoms with Gasteiger partial charge in [-0.15, -0.1) is 0 Å². The summed E-state index contributed by atoms with van der Waals surface area (Å²) < 4.78 is 38.2. The van der Waals surface area contributed by atoms with Gasteiger partial charge in [0.2, 0.25) is 0 Å². The second-order valence-corrected chi connectivity index (χ2v) is 9.48. The molecule has 0 aliphatic carbocycles. The Morgan fingerprint density at radius 2 is 1.50 bits per heavy atom. The number of carbonyl (C=O) groups excluding carboxylic acids is 1. The first-order valence-electron chi connectivity index (χ1n) is 10.2. The third-order valence-corrected chi connectivity index (χ3v) is 6.69. The minimum atomic E-state index is -3.78. The highest BCUT2D eigenvalue weighted by atomic mass is 32.2. The van der Waals surface area contributed by atoms with Gasteiger partial charge in [0.05, 0.1) is 19.1 Å². The molecule has 3 N–H and O–H groups in total. The van der Waals surface area contributed by atoms with Crippen LogP contribution in [0.3, 0.4) is 0 Å². The summed E-state index contributed by atoms with van der Waals surface area (Å²) >= 11 is 5.23. The zero-order valence-corrected chi connectivity index (χ0v) is 20.8. The number of methoxy groups -OCH3 is 2. The fourth-order valence-electron chi connectivity index (χ4n) is 3.10. The van der Waals surface area contributed by atoms with Gasteiger partial charge >= 0.3 is 0 Å². The summed E-state index contributed by atoms with van der Waals surface area (Å²) in [5.41, 5.74) is 3.22. The van der Waals surface area contributed by atoms with Crippen LogP contribution in [0, 0.1) is 13.8 Å². The Balaban J connectivity index is 1.64. The molecule has 0 fully saturated rings. The molecule has 0 saturated heterocycles. The van der Waals surface area contributed by atoms with Crippen molar-refractivity contribution in [3.05, 3.63) is 77.4 Å². The Labute approximate surface area is 204 Å². The van der Waals surface area contributed by atoms with Crippen LogP contribution >= 0.6 is 12.2 Å². The fourth-order valence-corrected chi connectivity index (χ4v) is 4.37. The van der Waals surface area contributed by atoms with Crippen molar-refractivity contribution < 1.29 is 22.7 Å². The highest BCUT2D eigenvalue weighted by molar-refractivity contribution is 7.92.